The molecular weight excluding hydrogens is 278 g/mol. The van der Waals surface area contributed by atoms with Gasteiger partial charge < -0.3 is 15.2 Å². The lowest BCUT2D eigenvalue weighted by atomic mass is 9.87. The summed E-state index contributed by atoms with van der Waals surface area (Å²) in [5, 5.41) is 12.8. The summed E-state index contributed by atoms with van der Waals surface area (Å²) in [6.45, 7) is 4.69. The van der Waals surface area contributed by atoms with Crippen LogP contribution >= 0.6 is 0 Å². The van der Waals surface area contributed by atoms with E-state index in [2.05, 4.69) is 25.2 Å². The van der Waals surface area contributed by atoms with Gasteiger partial charge in [-0.2, -0.15) is 0 Å². The zero-order valence-electron chi connectivity index (χ0n) is 13.8. The van der Waals surface area contributed by atoms with E-state index >= 15 is 0 Å². The number of aliphatic carboxylic acids is 1. The normalized spacial score (nSPS) is 18.8. The summed E-state index contributed by atoms with van der Waals surface area (Å²) in [7, 11) is 1.71. The largest absolute Gasteiger partial charge is 0.496 e. The van der Waals surface area contributed by atoms with Crippen LogP contribution in [0.2, 0.25) is 0 Å². The van der Waals surface area contributed by atoms with Crippen LogP contribution in [0.25, 0.3) is 0 Å². The SMILES string of the molecule is COc1cccc2c1CCC(NCC(CC(C)C)C(=O)O)C2. The maximum absolute atomic E-state index is 11.3. The van der Waals surface area contributed by atoms with Crippen LogP contribution in [0.1, 0.15) is 37.8 Å². The number of methoxy groups -OCH3 is 1. The Morgan fingerprint density at radius 3 is 2.86 bits per heavy atom. The van der Waals surface area contributed by atoms with Crippen LogP contribution in [-0.4, -0.2) is 30.8 Å². The average Bonchev–Trinajstić information content (AvgIpc) is 2.49. The van der Waals surface area contributed by atoms with Gasteiger partial charge in [-0.05, 0) is 48.8 Å². The molecule has 2 rings (SSSR count). The first-order chi connectivity index (χ1) is 10.5. The Labute approximate surface area is 132 Å². The lowest BCUT2D eigenvalue weighted by Crippen LogP contribution is -2.39. The minimum atomic E-state index is -0.695. The standard InChI is InChI=1S/C18H27NO3/c1-12(2)9-14(18(20)21)11-19-15-7-8-16-13(10-15)5-4-6-17(16)22-3/h4-6,12,14-15,19H,7-11H2,1-3H3,(H,20,21). The third kappa shape index (κ3) is 4.23. The summed E-state index contributed by atoms with van der Waals surface area (Å²) >= 11 is 0. The second-order valence-electron chi connectivity index (χ2n) is 6.61. The van der Waals surface area contributed by atoms with Crippen molar-refractivity contribution in [3.63, 3.8) is 0 Å². The molecule has 4 heteroatoms. The molecule has 0 amide bonds. The quantitative estimate of drug-likeness (QED) is 0.813. The number of hydrogen-bond donors (Lipinski definition) is 2. The second kappa shape index (κ2) is 7.63. The zero-order chi connectivity index (χ0) is 16.1. The van der Waals surface area contributed by atoms with Gasteiger partial charge in [0, 0.05) is 12.6 Å². The summed E-state index contributed by atoms with van der Waals surface area (Å²) < 4.78 is 5.42. The van der Waals surface area contributed by atoms with Gasteiger partial charge in [-0.15, -0.1) is 0 Å². The number of carboxylic acid groups (broad SMARTS) is 1. The van der Waals surface area contributed by atoms with Crippen molar-refractivity contribution < 1.29 is 14.6 Å². The molecule has 0 radical (unpaired) electrons. The zero-order valence-corrected chi connectivity index (χ0v) is 13.8. The molecule has 122 valence electrons. The molecule has 0 bridgehead atoms. The van der Waals surface area contributed by atoms with Crippen molar-refractivity contribution in [1.82, 2.24) is 5.32 Å². The Morgan fingerprint density at radius 1 is 1.45 bits per heavy atom. The van der Waals surface area contributed by atoms with Gasteiger partial charge in [-0.25, -0.2) is 0 Å². The Hall–Kier alpha value is -1.55. The van der Waals surface area contributed by atoms with Crippen LogP contribution in [0.4, 0.5) is 0 Å². The number of rotatable bonds is 7. The molecule has 0 saturated heterocycles. The Kier molecular flexibility index (Phi) is 5.83. The first-order valence-corrected chi connectivity index (χ1v) is 8.12. The summed E-state index contributed by atoms with van der Waals surface area (Å²) in [5.74, 6) is 0.379. The molecule has 2 N–H and O–H groups in total. The van der Waals surface area contributed by atoms with Crippen molar-refractivity contribution in [2.75, 3.05) is 13.7 Å². The van der Waals surface area contributed by atoms with Gasteiger partial charge in [0.25, 0.3) is 0 Å². The minimum Gasteiger partial charge on any atom is -0.496 e. The monoisotopic (exact) mass is 305 g/mol. The van der Waals surface area contributed by atoms with Gasteiger partial charge >= 0.3 is 5.97 Å². The highest BCUT2D eigenvalue weighted by molar-refractivity contribution is 5.70. The highest BCUT2D eigenvalue weighted by Gasteiger charge is 2.24. The molecule has 0 saturated carbocycles. The van der Waals surface area contributed by atoms with Crippen molar-refractivity contribution in [3.05, 3.63) is 29.3 Å². The molecule has 0 aliphatic heterocycles. The minimum absolute atomic E-state index is 0.299. The molecule has 0 aromatic heterocycles. The fraction of sp³-hybridized carbons (Fsp3) is 0.611. The van der Waals surface area contributed by atoms with E-state index in [1.807, 2.05) is 12.1 Å². The van der Waals surface area contributed by atoms with Crippen molar-refractivity contribution >= 4 is 5.97 Å². The Bertz CT molecular complexity index is 513. The van der Waals surface area contributed by atoms with Gasteiger partial charge in [0.1, 0.15) is 5.75 Å². The Balaban J connectivity index is 1.94. The van der Waals surface area contributed by atoms with Gasteiger partial charge in [0.15, 0.2) is 0 Å². The summed E-state index contributed by atoms with van der Waals surface area (Å²) in [6.07, 6.45) is 3.68. The maximum atomic E-state index is 11.3. The number of nitrogens with one attached hydrogen (secondary N) is 1. The van der Waals surface area contributed by atoms with E-state index in [1.54, 1.807) is 7.11 Å². The molecule has 2 atom stereocenters. The number of carbonyl (C=O) groups is 1. The molecule has 1 aromatic carbocycles. The van der Waals surface area contributed by atoms with E-state index in [4.69, 9.17) is 4.74 Å². The van der Waals surface area contributed by atoms with Crippen molar-refractivity contribution in [2.24, 2.45) is 11.8 Å². The van der Waals surface area contributed by atoms with Gasteiger partial charge in [0.05, 0.1) is 13.0 Å². The highest BCUT2D eigenvalue weighted by Crippen LogP contribution is 2.29. The Morgan fingerprint density at radius 2 is 2.23 bits per heavy atom. The first kappa shape index (κ1) is 16.8. The molecule has 1 aliphatic rings. The van der Waals surface area contributed by atoms with Crippen LogP contribution < -0.4 is 10.1 Å². The van der Waals surface area contributed by atoms with Crippen molar-refractivity contribution in [3.8, 4) is 5.75 Å². The predicted molar refractivity (Wildman–Crippen MR) is 87.4 cm³/mol. The van der Waals surface area contributed by atoms with Crippen LogP contribution in [0.5, 0.6) is 5.75 Å². The molecule has 1 aromatic rings. The molecule has 0 spiro atoms. The molecule has 4 nitrogen and oxygen atoms in total. The van der Waals surface area contributed by atoms with Crippen LogP contribution in [0.3, 0.4) is 0 Å². The van der Waals surface area contributed by atoms with Gasteiger partial charge in [0.2, 0.25) is 0 Å². The number of ether oxygens (including phenoxy) is 1. The van der Waals surface area contributed by atoms with Crippen LogP contribution in [0, 0.1) is 11.8 Å². The lowest BCUT2D eigenvalue weighted by Gasteiger charge is -2.28. The van der Waals surface area contributed by atoms with E-state index in [9.17, 15) is 9.90 Å². The van der Waals surface area contributed by atoms with E-state index in [-0.39, 0.29) is 5.92 Å². The molecule has 0 heterocycles. The molecule has 0 fully saturated rings. The average molecular weight is 305 g/mol. The van der Waals surface area contributed by atoms with Gasteiger partial charge in [-0.3, -0.25) is 4.79 Å². The highest BCUT2D eigenvalue weighted by atomic mass is 16.5. The van der Waals surface area contributed by atoms with E-state index < -0.39 is 5.97 Å². The summed E-state index contributed by atoms with van der Waals surface area (Å²) in [6, 6.07) is 6.54. The van der Waals surface area contributed by atoms with Crippen molar-refractivity contribution in [2.45, 2.75) is 45.6 Å². The molecule has 22 heavy (non-hydrogen) atoms. The smallest absolute Gasteiger partial charge is 0.307 e. The predicted octanol–water partition coefficient (Wildman–Crippen LogP) is 2.89. The fourth-order valence-electron chi connectivity index (χ4n) is 3.29. The summed E-state index contributed by atoms with van der Waals surface area (Å²) in [5.41, 5.74) is 2.62. The van der Waals surface area contributed by atoms with Gasteiger partial charge in [-0.1, -0.05) is 26.0 Å². The third-order valence-electron chi connectivity index (χ3n) is 4.42. The van der Waals surface area contributed by atoms with Crippen LogP contribution in [-0.2, 0) is 17.6 Å². The molecular formula is C18H27NO3. The van der Waals surface area contributed by atoms with Crippen molar-refractivity contribution in [1.29, 1.82) is 0 Å². The first-order valence-electron chi connectivity index (χ1n) is 8.12. The molecule has 2 unspecified atom stereocenters. The van der Waals surface area contributed by atoms with E-state index in [0.29, 0.717) is 18.5 Å². The van der Waals surface area contributed by atoms with E-state index in [1.165, 1.54) is 11.1 Å². The molecule has 1 aliphatic carbocycles. The number of benzene rings is 1. The third-order valence-corrected chi connectivity index (χ3v) is 4.42. The topological polar surface area (TPSA) is 58.6 Å². The second-order valence-corrected chi connectivity index (χ2v) is 6.61. The summed E-state index contributed by atoms with van der Waals surface area (Å²) in [4.78, 5) is 11.3. The maximum Gasteiger partial charge on any atom is 0.307 e. The number of carboxylic acids is 1. The lowest BCUT2D eigenvalue weighted by molar-refractivity contribution is -0.142. The van der Waals surface area contributed by atoms with E-state index in [0.717, 1.165) is 31.4 Å². The fourth-order valence-corrected chi connectivity index (χ4v) is 3.29. The number of hydrogen-bond acceptors (Lipinski definition) is 3. The van der Waals surface area contributed by atoms with Crippen LogP contribution in [0.15, 0.2) is 18.2 Å². The number of fused-ring (bicyclic) bond motifs is 1.